The van der Waals surface area contributed by atoms with Gasteiger partial charge in [0.25, 0.3) is 0 Å². The molecule has 29 heavy (non-hydrogen) atoms. The predicted molar refractivity (Wildman–Crippen MR) is 117 cm³/mol. The van der Waals surface area contributed by atoms with Crippen LogP contribution in [0, 0.1) is 5.82 Å². The maximum Gasteiger partial charge on any atom is 0.242 e. The van der Waals surface area contributed by atoms with Gasteiger partial charge in [0.05, 0.1) is 5.75 Å². The van der Waals surface area contributed by atoms with Gasteiger partial charge in [-0.2, -0.15) is 0 Å². The van der Waals surface area contributed by atoms with Crippen LogP contribution in [0.25, 0.3) is 0 Å². The maximum atomic E-state index is 13.8. The Labute approximate surface area is 180 Å². The van der Waals surface area contributed by atoms with Crippen LogP contribution in [0.2, 0.25) is 5.02 Å². The van der Waals surface area contributed by atoms with Crippen LogP contribution in [0.3, 0.4) is 0 Å². The van der Waals surface area contributed by atoms with Crippen molar-refractivity contribution in [2.24, 2.45) is 0 Å². The van der Waals surface area contributed by atoms with Crippen LogP contribution < -0.4 is 5.32 Å². The quantitative estimate of drug-likeness (QED) is 0.589. The number of thioether (sulfide) groups is 1. The van der Waals surface area contributed by atoms with Crippen molar-refractivity contribution in [1.82, 2.24) is 10.2 Å². The molecule has 0 aliphatic heterocycles. The third kappa shape index (κ3) is 7.37. The summed E-state index contributed by atoms with van der Waals surface area (Å²) in [5, 5.41) is 3.41. The van der Waals surface area contributed by atoms with Crippen molar-refractivity contribution in [3.05, 3.63) is 70.5 Å². The van der Waals surface area contributed by atoms with Gasteiger partial charge in [-0.05, 0) is 42.7 Å². The van der Waals surface area contributed by atoms with Gasteiger partial charge < -0.3 is 10.2 Å². The zero-order valence-corrected chi connectivity index (χ0v) is 18.2. The Morgan fingerprint density at radius 1 is 1.21 bits per heavy atom. The highest BCUT2D eigenvalue weighted by Crippen LogP contribution is 2.19. The van der Waals surface area contributed by atoms with Gasteiger partial charge in [0.1, 0.15) is 11.9 Å². The molecule has 156 valence electrons. The molecular weight excluding hydrogens is 411 g/mol. The van der Waals surface area contributed by atoms with Gasteiger partial charge in [-0.25, -0.2) is 4.39 Å². The number of nitrogens with one attached hydrogen (secondary N) is 1. The molecule has 1 atom stereocenters. The largest absolute Gasteiger partial charge is 0.354 e. The minimum absolute atomic E-state index is 0.153. The second-order valence-electron chi connectivity index (χ2n) is 6.70. The first-order chi connectivity index (χ1) is 13.9. The minimum Gasteiger partial charge on any atom is -0.354 e. The van der Waals surface area contributed by atoms with Crippen LogP contribution in [-0.2, 0) is 21.9 Å². The van der Waals surface area contributed by atoms with Gasteiger partial charge in [0.2, 0.25) is 11.8 Å². The fourth-order valence-corrected chi connectivity index (χ4v) is 3.87. The third-order valence-corrected chi connectivity index (χ3v) is 5.60. The Morgan fingerprint density at radius 3 is 2.66 bits per heavy atom. The highest BCUT2D eigenvalue weighted by atomic mass is 35.5. The Hall–Kier alpha value is -2.05. The second-order valence-corrected chi connectivity index (χ2v) is 8.12. The Morgan fingerprint density at radius 2 is 1.97 bits per heavy atom. The Balaban J connectivity index is 2.07. The summed E-state index contributed by atoms with van der Waals surface area (Å²) in [5.74, 6) is -0.109. The maximum absolute atomic E-state index is 13.8. The summed E-state index contributed by atoms with van der Waals surface area (Å²) in [6, 6.07) is 13.1. The van der Waals surface area contributed by atoms with Crippen LogP contribution in [0.4, 0.5) is 4.39 Å². The lowest BCUT2D eigenvalue weighted by Crippen LogP contribution is -2.48. The Bertz CT molecular complexity index is 834. The molecule has 0 aliphatic carbocycles. The van der Waals surface area contributed by atoms with Gasteiger partial charge in [0.15, 0.2) is 0 Å². The number of carbonyl (C=O) groups excluding carboxylic acids is 2. The summed E-state index contributed by atoms with van der Waals surface area (Å²) in [6.07, 6.45) is 0.819. The topological polar surface area (TPSA) is 49.4 Å². The molecule has 1 unspecified atom stereocenters. The van der Waals surface area contributed by atoms with Crippen LogP contribution in [0.5, 0.6) is 0 Å². The van der Waals surface area contributed by atoms with E-state index >= 15 is 0 Å². The van der Waals surface area contributed by atoms with E-state index in [0.29, 0.717) is 22.9 Å². The van der Waals surface area contributed by atoms with Crippen molar-refractivity contribution in [1.29, 1.82) is 0 Å². The van der Waals surface area contributed by atoms with E-state index in [4.69, 9.17) is 11.6 Å². The number of halogens is 2. The number of amides is 2. The number of carbonyl (C=O) groups is 2. The highest BCUT2D eigenvalue weighted by Gasteiger charge is 2.25. The molecule has 0 spiro atoms. The highest BCUT2D eigenvalue weighted by molar-refractivity contribution is 7.99. The molecule has 2 aromatic rings. The van der Waals surface area contributed by atoms with Gasteiger partial charge in [-0.15, -0.1) is 11.8 Å². The zero-order chi connectivity index (χ0) is 21.2. The summed E-state index contributed by atoms with van der Waals surface area (Å²) >= 11 is 7.39. The van der Waals surface area contributed by atoms with Crippen LogP contribution >= 0.6 is 23.4 Å². The first kappa shape index (κ1) is 23.2. The first-order valence-corrected chi connectivity index (χ1v) is 11.1. The molecule has 7 heteroatoms. The summed E-state index contributed by atoms with van der Waals surface area (Å²) in [4.78, 5) is 26.9. The van der Waals surface area contributed by atoms with Crippen LogP contribution in [-0.4, -0.2) is 35.1 Å². The van der Waals surface area contributed by atoms with E-state index in [9.17, 15) is 14.0 Å². The average molecular weight is 437 g/mol. The number of benzene rings is 2. The first-order valence-electron chi connectivity index (χ1n) is 9.55. The van der Waals surface area contributed by atoms with Crippen molar-refractivity contribution < 1.29 is 14.0 Å². The van der Waals surface area contributed by atoms with E-state index in [1.807, 2.05) is 19.1 Å². The molecule has 0 fully saturated rings. The molecule has 0 aromatic heterocycles. The van der Waals surface area contributed by atoms with Gasteiger partial charge in [-0.3, -0.25) is 9.59 Å². The number of hydrogen-bond donors (Lipinski definition) is 1. The summed E-state index contributed by atoms with van der Waals surface area (Å²) in [7, 11) is 0. The molecule has 0 saturated heterocycles. The number of hydrogen-bond acceptors (Lipinski definition) is 3. The second kappa shape index (κ2) is 11.8. The number of rotatable bonds is 10. The van der Waals surface area contributed by atoms with Gasteiger partial charge >= 0.3 is 0 Å². The lowest BCUT2D eigenvalue weighted by molar-refractivity contribution is -0.138. The number of nitrogens with zero attached hydrogens (tertiary/aromatic N) is 1. The smallest absolute Gasteiger partial charge is 0.242 e. The zero-order valence-electron chi connectivity index (χ0n) is 16.7. The van der Waals surface area contributed by atoms with E-state index in [2.05, 4.69) is 5.32 Å². The van der Waals surface area contributed by atoms with E-state index in [-0.39, 0.29) is 29.9 Å². The SMILES string of the molecule is CCCNC(=O)C(C)N(Cc1cccc(Cl)c1)C(=O)CSCc1ccccc1F. The molecule has 1 N–H and O–H groups in total. The molecular formula is C22H26ClFN2O2S. The summed E-state index contributed by atoms with van der Waals surface area (Å²) in [6.45, 7) is 4.53. The fraction of sp³-hybridized carbons (Fsp3) is 0.364. The fourth-order valence-electron chi connectivity index (χ4n) is 2.76. The summed E-state index contributed by atoms with van der Waals surface area (Å²) < 4.78 is 13.8. The minimum atomic E-state index is -0.623. The van der Waals surface area contributed by atoms with Crippen molar-refractivity contribution in [3.63, 3.8) is 0 Å². The molecule has 4 nitrogen and oxygen atoms in total. The van der Waals surface area contributed by atoms with Gasteiger partial charge in [-0.1, -0.05) is 48.9 Å². The standard InChI is InChI=1S/C22H26ClFN2O2S/c1-3-11-25-22(28)16(2)26(13-17-7-6-9-19(23)12-17)21(27)15-29-14-18-8-4-5-10-20(18)24/h4-10,12,16H,3,11,13-15H2,1-2H3,(H,25,28). The molecule has 0 saturated carbocycles. The molecule has 0 radical (unpaired) electrons. The van der Waals surface area contributed by atoms with Crippen molar-refractivity contribution in [2.45, 2.75) is 38.6 Å². The molecule has 2 aromatic carbocycles. The van der Waals surface area contributed by atoms with E-state index in [1.54, 1.807) is 42.2 Å². The van der Waals surface area contributed by atoms with Crippen molar-refractivity contribution >= 4 is 35.2 Å². The third-order valence-electron chi connectivity index (χ3n) is 4.40. The molecule has 0 bridgehead atoms. The van der Waals surface area contributed by atoms with Crippen LogP contribution in [0.1, 0.15) is 31.4 Å². The molecule has 2 amide bonds. The lowest BCUT2D eigenvalue weighted by Gasteiger charge is -2.28. The summed E-state index contributed by atoms with van der Waals surface area (Å²) in [5.41, 5.74) is 1.40. The lowest BCUT2D eigenvalue weighted by atomic mass is 10.1. The Kier molecular flexibility index (Phi) is 9.48. The van der Waals surface area contributed by atoms with E-state index in [0.717, 1.165) is 12.0 Å². The van der Waals surface area contributed by atoms with Crippen molar-refractivity contribution in [2.75, 3.05) is 12.3 Å². The average Bonchev–Trinajstić information content (AvgIpc) is 2.71. The van der Waals surface area contributed by atoms with Crippen LogP contribution in [0.15, 0.2) is 48.5 Å². The molecule has 0 heterocycles. The molecule has 0 aliphatic rings. The predicted octanol–water partition coefficient (Wildman–Crippen LogP) is 4.66. The normalized spacial score (nSPS) is 11.7. The van der Waals surface area contributed by atoms with Crippen molar-refractivity contribution in [3.8, 4) is 0 Å². The molecule has 2 rings (SSSR count). The monoisotopic (exact) mass is 436 g/mol. The van der Waals surface area contributed by atoms with Gasteiger partial charge in [0, 0.05) is 23.9 Å². The van der Waals surface area contributed by atoms with E-state index in [1.165, 1.54) is 17.8 Å². The van der Waals surface area contributed by atoms with E-state index < -0.39 is 6.04 Å².